The molecule has 6 heteroatoms. The van der Waals surface area contributed by atoms with Gasteiger partial charge in [-0.1, -0.05) is 0 Å². The Bertz CT molecular complexity index is 447. The summed E-state index contributed by atoms with van der Waals surface area (Å²) < 4.78 is 10.4. The lowest BCUT2D eigenvalue weighted by Gasteiger charge is -2.02. The zero-order valence-electron chi connectivity index (χ0n) is 10.1. The second-order valence-electron chi connectivity index (χ2n) is 3.38. The molecule has 0 N–H and O–H groups in total. The Morgan fingerprint density at radius 3 is 1.59 bits per heavy atom. The summed E-state index contributed by atoms with van der Waals surface area (Å²) >= 11 is 0. The van der Waals surface area contributed by atoms with Crippen LogP contribution in [0.1, 0.15) is 32.1 Å². The molecule has 1 aromatic rings. The first kappa shape index (κ1) is 13.0. The molecule has 0 fully saturated rings. The lowest BCUT2D eigenvalue weighted by Crippen LogP contribution is -2.11. The van der Waals surface area contributed by atoms with Crippen molar-refractivity contribution in [1.82, 2.24) is 4.57 Å². The summed E-state index contributed by atoms with van der Waals surface area (Å²) in [5.74, 6) is -1.35. The van der Waals surface area contributed by atoms with Crippen molar-refractivity contribution in [3.05, 3.63) is 22.5 Å². The highest BCUT2D eigenvalue weighted by Crippen LogP contribution is 2.22. The smallest absolute Gasteiger partial charge is 0.340 e. The van der Waals surface area contributed by atoms with Crippen molar-refractivity contribution in [1.29, 1.82) is 0 Å². The van der Waals surface area contributed by atoms with Gasteiger partial charge in [0.05, 0.1) is 25.3 Å². The fourth-order valence-corrected chi connectivity index (χ4v) is 1.72. The van der Waals surface area contributed by atoms with Crippen LogP contribution in [0.2, 0.25) is 0 Å². The minimum absolute atomic E-state index is 0.0592. The van der Waals surface area contributed by atoms with E-state index < -0.39 is 11.9 Å². The Hall–Kier alpha value is -2.11. The van der Waals surface area contributed by atoms with Gasteiger partial charge in [-0.15, -0.1) is 0 Å². The molecule has 0 spiro atoms. The first-order chi connectivity index (χ1) is 7.99. The topological polar surface area (TPSA) is 74.6 Å². The van der Waals surface area contributed by atoms with Crippen LogP contribution in [0.4, 0.5) is 0 Å². The molecule has 1 rings (SSSR count). The number of carbonyl (C=O) groups is 3. The van der Waals surface area contributed by atoms with Gasteiger partial charge in [0, 0.05) is 11.4 Å². The highest BCUT2D eigenvalue weighted by atomic mass is 16.5. The second-order valence-corrected chi connectivity index (χ2v) is 3.38. The molecule has 0 atom stereocenters. The number of hydrogen-bond acceptors (Lipinski definition) is 5. The van der Waals surface area contributed by atoms with E-state index in [1.165, 1.54) is 18.8 Å². The average Bonchev–Trinajstić information content (AvgIpc) is 2.58. The molecule has 0 radical (unpaired) electrons. The normalized spacial score (nSPS) is 9.88. The van der Waals surface area contributed by atoms with Gasteiger partial charge in [-0.25, -0.2) is 9.59 Å². The quantitative estimate of drug-likeness (QED) is 0.573. The lowest BCUT2D eigenvalue weighted by molar-refractivity contribution is 0.0555. The molecule has 0 amide bonds. The van der Waals surface area contributed by atoms with Crippen molar-refractivity contribution in [2.24, 2.45) is 0 Å². The Kier molecular flexibility index (Phi) is 3.67. The van der Waals surface area contributed by atoms with Crippen molar-refractivity contribution in [3.8, 4) is 0 Å². The van der Waals surface area contributed by atoms with Crippen molar-refractivity contribution in [2.45, 2.75) is 13.8 Å². The molecule has 0 aromatic carbocycles. The predicted molar refractivity (Wildman–Crippen MR) is 58.7 cm³/mol. The third-order valence-electron chi connectivity index (χ3n) is 2.58. The van der Waals surface area contributed by atoms with Crippen molar-refractivity contribution in [2.75, 3.05) is 14.2 Å². The largest absolute Gasteiger partial charge is 0.465 e. The minimum atomic E-state index is -0.674. The SMILES string of the molecule is COC(=O)c1c(C(=O)OC)c(C)n(C=O)c1C. The van der Waals surface area contributed by atoms with Crippen LogP contribution in [0.5, 0.6) is 0 Å². The molecule has 0 unspecified atom stereocenters. The van der Waals surface area contributed by atoms with Gasteiger partial charge in [0.2, 0.25) is 6.41 Å². The maximum Gasteiger partial charge on any atom is 0.340 e. The summed E-state index contributed by atoms with van der Waals surface area (Å²) in [4.78, 5) is 34.1. The van der Waals surface area contributed by atoms with Crippen LogP contribution >= 0.6 is 0 Å². The van der Waals surface area contributed by atoms with E-state index in [4.69, 9.17) is 0 Å². The fourth-order valence-electron chi connectivity index (χ4n) is 1.72. The first-order valence-corrected chi connectivity index (χ1v) is 4.82. The standard InChI is InChI=1S/C11H13NO5/c1-6-8(10(14)16-3)9(11(15)17-4)7(2)12(6)5-13/h5H,1-4H3. The van der Waals surface area contributed by atoms with Gasteiger partial charge in [0.25, 0.3) is 0 Å². The fraction of sp³-hybridized carbons (Fsp3) is 0.364. The number of rotatable bonds is 3. The summed E-state index contributed by atoms with van der Waals surface area (Å²) in [6, 6.07) is 0. The molecule has 17 heavy (non-hydrogen) atoms. The number of esters is 2. The highest BCUT2D eigenvalue weighted by Gasteiger charge is 2.28. The average molecular weight is 239 g/mol. The van der Waals surface area contributed by atoms with Gasteiger partial charge in [-0.2, -0.15) is 0 Å². The highest BCUT2D eigenvalue weighted by molar-refractivity contribution is 6.05. The van der Waals surface area contributed by atoms with Crippen molar-refractivity contribution >= 4 is 18.3 Å². The van der Waals surface area contributed by atoms with E-state index >= 15 is 0 Å². The predicted octanol–water partition coefficient (Wildman–Crippen LogP) is 0.716. The molecule has 0 saturated heterocycles. The Morgan fingerprint density at radius 2 is 1.35 bits per heavy atom. The third-order valence-corrected chi connectivity index (χ3v) is 2.58. The van der Waals surface area contributed by atoms with Gasteiger partial charge < -0.3 is 9.47 Å². The first-order valence-electron chi connectivity index (χ1n) is 4.82. The van der Waals surface area contributed by atoms with E-state index in [1.54, 1.807) is 13.8 Å². The summed E-state index contributed by atoms with van der Waals surface area (Å²) in [5, 5.41) is 0. The van der Waals surface area contributed by atoms with Crippen LogP contribution in [0.3, 0.4) is 0 Å². The zero-order valence-corrected chi connectivity index (χ0v) is 10.1. The molecule has 0 aliphatic carbocycles. The maximum absolute atomic E-state index is 11.6. The van der Waals surface area contributed by atoms with Crippen LogP contribution in [-0.4, -0.2) is 37.1 Å². The molecule has 6 nitrogen and oxygen atoms in total. The lowest BCUT2D eigenvalue weighted by atomic mass is 10.1. The molecule has 1 aromatic heterocycles. The summed E-state index contributed by atoms with van der Waals surface area (Å²) in [6.45, 7) is 3.11. The van der Waals surface area contributed by atoms with Crippen molar-refractivity contribution in [3.63, 3.8) is 0 Å². The third kappa shape index (κ3) is 1.93. The van der Waals surface area contributed by atoms with Gasteiger partial charge >= 0.3 is 11.9 Å². The molecular formula is C11H13NO5. The van der Waals surface area contributed by atoms with Gasteiger partial charge in [0.15, 0.2) is 0 Å². The van der Waals surface area contributed by atoms with Gasteiger partial charge in [-0.3, -0.25) is 9.36 Å². The summed E-state index contributed by atoms with van der Waals surface area (Å²) in [5.41, 5.74) is 0.822. The molecule has 0 aliphatic rings. The van der Waals surface area contributed by atoms with E-state index in [9.17, 15) is 14.4 Å². The maximum atomic E-state index is 11.6. The summed E-state index contributed by atoms with van der Waals surface area (Å²) in [7, 11) is 2.41. The number of ether oxygens (including phenoxy) is 2. The van der Waals surface area contributed by atoms with E-state index in [0.29, 0.717) is 17.8 Å². The molecule has 0 saturated carbocycles. The zero-order chi connectivity index (χ0) is 13.2. The number of nitrogens with zero attached hydrogens (tertiary/aromatic N) is 1. The molecule has 0 aliphatic heterocycles. The van der Waals surface area contributed by atoms with E-state index in [-0.39, 0.29) is 11.1 Å². The summed E-state index contributed by atoms with van der Waals surface area (Å²) in [6.07, 6.45) is 0.531. The van der Waals surface area contributed by atoms with Crippen LogP contribution in [0.15, 0.2) is 0 Å². The monoisotopic (exact) mass is 239 g/mol. The molecular weight excluding hydrogens is 226 g/mol. The van der Waals surface area contributed by atoms with E-state index in [2.05, 4.69) is 9.47 Å². The van der Waals surface area contributed by atoms with Crippen LogP contribution in [0.25, 0.3) is 0 Å². The molecule has 1 heterocycles. The molecule has 0 bridgehead atoms. The van der Waals surface area contributed by atoms with E-state index in [0.717, 1.165) is 0 Å². The number of hydrogen-bond donors (Lipinski definition) is 0. The van der Waals surface area contributed by atoms with Gasteiger partial charge in [-0.05, 0) is 13.8 Å². The van der Waals surface area contributed by atoms with Crippen molar-refractivity contribution < 1.29 is 23.9 Å². The number of aromatic nitrogens is 1. The number of methoxy groups -OCH3 is 2. The Morgan fingerprint density at radius 1 is 1.00 bits per heavy atom. The number of carbonyl (C=O) groups excluding carboxylic acids is 3. The van der Waals surface area contributed by atoms with Crippen LogP contribution < -0.4 is 0 Å². The van der Waals surface area contributed by atoms with E-state index in [1.807, 2.05) is 0 Å². The Labute approximate surface area is 98.1 Å². The minimum Gasteiger partial charge on any atom is -0.465 e. The van der Waals surface area contributed by atoms with Gasteiger partial charge in [0.1, 0.15) is 0 Å². The second kappa shape index (κ2) is 4.82. The van der Waals surface area contributed by atoms with Crippen LogP contribution in [-0.2, 0) is 14.3 Å². The van der Waals surface area contributed by atoms with Crippen LogP contribution in [0, 0.1) is 13.8 Å². The Balaban J connectivity index is 3.60. The molecule has 92 valence electrons.